The highest BCUT2D eigenvalue weighted by Crippen LogP contribution is 2.24. The Kier molecular flexibility index (Phi) is 7.43. The summed E-state index contributed by atoms with van der Waals surface area (Å²) in [5, 5.41) is 3.13. The van der Waals surface area contributed by atoms with Crippen LogP contribution in [-0.4, -0.2) is 24.7 Å². The van der Waals surface area contributed by atoms with Crippen LogP contribution in [0.15, 0.2) is 48.5 Å². The van der Waals surface area contributed by atoms with Gasteiger partial charge in [-0.3, -0.25) is 4.79 Å². The number of anilines is 1. The fraction of sp³-hybridized carbons (Fsp3) is 0.458. The minimum absolute atomic E-state index is 0.0291. The first-order valence-electron chi connectivity index (χ1n) is 10.3. The number of hydrogen-bond acceptors (Lipinski definition) is 3. The van der Waals surface area contributed by atoms with Crippen molar-refractivity contribution in [2.75, 3.05) is 23.7 Å². The first-order chi connectivity index (χ1) is 13.5. The number of piperidine rings is 1. The standard InChI is InChI=1S/C24H32N2OS/c1-18-6-4-8-21(14-18)16-28-17-24(27)25-20(3)22-9-11-23(12-10-22)26-13-5-7-19(2)15-26/h4,6,8-12,14,19-20H,5,7,13,15-17H2,1-3H3,(H,25,27)/t19-,20+/m1/s1. The van der Waals surface area contributed by atoms with Crippen molar-refractivity contribution in [2.24, 2.45) is 5.92 Å². The third-order valence-corrected chi connectivity index (χ3v) is 6.38. The highest BCUT2D eigenvalue weighted by molar-refractivity contribution is 7.99. The van der Waals surface area contributed by atoms with E-state index in [4.69, 9.17) is 0 Å². The second-order valence-electron chi connectivity index (χ2n) is 8.06. The third kappa shape index (κ3) is 6.03. The molecular formula is C24H32N2OS. The summed E-state index contributed by atoms with van der Waals surface area (Å²) in [4.78, 5) is 14.8. The van der Waals surface area contributed by atoms with Crippen molar-refractivity contribution in [3.63, 3.8) is 0 Å². The van der Waals surface area contributed by atoms with Crippen molar-refractivity contribution >= 4 is 23.4 Å². The van der Waals surface area contributed by atoms with Crippen molar-refractivity contribution in [1.29, 1.82) is 0 Å². The quantitative estimate of drug-likeness (QED) is 0.685. The topological polar surface area (TPSA) is 32.3 Å². The van der Waals surface area contributed by atoms with Crippen molar-refractivity contribution in [3.8, 4) is 0 Å². The number of amides is 1. The molecule has 1 amide bonds. The maximum absolute atomic E-state index is 12.3. The molecule has 1 fully saturated rings. The number of benzene rings is 2. The Bertz CT molecular complexity index is 774. The van der Waals surface area contributed by atoms with E-state index in [-0.39, 0.29) is 11.9 Å². The van der Waals surface area contributed by atoms with Crippen molar-refractivity contribution in [2.45, 2.75) is 45.4 Å². The van der Waals surface area contributed by atoms with E-state index in [9.17, 15) is 4.79 Å². The molecule has 0 radical (unpaired) electrons. The molecule has 0 unspecified atom stereocenters. The van der Waals surface area contributed by atoms with Gasteiger partial charge in [0, 0.05) is 24.5 Å². The summed E-state index contributed by atoms with van der Waals surface area (Å²) in [6.07, 6.45) is 2.61. The van der Waals surface area contributed by atoms with Crippen LogP contribution >= 0.6 is 11.8 Å². The molecule has 0 bridgehead atoms. The zero-order valence-corrected chi connectivity index (χ0v) is 18.1. The molecule has 28 heavy (non-hydrogen) atoms. The predicted octanol–water partition coefficient (Wildman–Crippen LogP) is 5.34. The van der Waals surface area contributed by atoms with Gasteiger partial charge in [0.25, 0.3) is 0 Å². The van der Waals surface area contributed by atoms with Crippen molar-refractivity contribution < 1.29 is 4.79 Å². The fourth-order valence-electron chi connectivity index (χ4n) is 3.83. The molecule has 1 N–H and O–H groups in total. The second kappa shape index (κ2) is 10.0. The zero-order chi connectivity index (χ0) is 19.9. The van der Waals surface area contributed by atoms with E-state index < -0.39 is 0 Å². The molecule has 3 rings (SSSR count). The van der Waals surface area contributed by atoms with Crippen molar-refractivity contribution in [1.82, 2.24) is 5.32 Å². The first kappa shape index (κ1) is 20.8. The predicted molar refractivity (Wildman–Crippen MR) is 121 cm³/mol. The summed E-state index contributed by atoms with van der Waals surface area (Å²) < 4.78 is 0. The monoisotopic (exact) mass is 396 g/mol. The fourth-order valence-corrected chi connectivity index (χ4v) is 4.61. The van der Waals surface area contributed by atoms with Crippen LogP contribution in [0.3, 0.4) is 0 Å². The Balaban J connectivity index is 1.45. The van der Waals surface area contributed by atoms with Gasteiger partial charge in [-0.2, -0.15) is 0 Å². The molecule has 1 heterocycles. The van der Waals surface area contributed by atoms with Gasteiger partial charge in [0.2, 0.25) is 5.91 Å². The molecular weight excluding hydrogens is 364 g/mol. The van der Waals surface area contributed by atoms with Crippen molar-refractivity contribution in [3.05, 3.63) is 65.2 Å². The molecule has 2 aromatic rings. The van der Waals surface area contributed by atoms with Gasteiger partial charge in [0.15, 0.2) is 0 Å². The molecule has 1 aliphatic rings. The van der Waals surface area contributed by atoms with E-state index in [1.54, 1.807) is 11.8 Å². The van der Waals surface area contributed by atoms with E-state index in [0.717, 1.165) is 30.3 Å². The highest BCUT2D eigenvalue weighted by Gasteiger charge is 2.17. The van der Waals surface area contributed by atoms with Crippen LogP contribution < -0.4 is 10.2 Å². The number of carbonyl (C=O) groups is 1. The lowest BCUT2D eigenvalue weighted by molar-refractivity contribution is -0.119. The maximum Gasteiger partial charge on any atom is 0.230 e. The molecule has 2 atom stereocenters. The van der Waals surface area contributed by atoms with Gasteiger partial charge >= 0.3 is 0 Å². The Morgan fingerprint density at radius 3 is 2.75 bits per heavy atom. The second-order valence-corrected chi connectivity index (χ2v) is 9.04. The van der Waals surface area contributed by atoms with E-state index >= 15 is 0 Å². The molecule has 3 nitrogen and oxygen atoms in total. The lowest BCUT2D eigenvalue weighted by Crippen LogP contribution is -2.34. The summed E-state index contributed by atoms with van der Waals surface area (Å²) in [5.74, 6) is 2.22. The minimum Gasteiger partial charge on any atom is -0.371 e. The van der Waals surface area contributed by atoms with Crippen LogP contribution in [0.4, 0.5) is 5.69 Å². The number of rotatable bonds is 7. The van der Waals surface area contributed by atoms with Crippen LogP contribution in [0, 0.1) is 12.8 Å². The Labute approximate surface area is 173 Å². The van der Waals surface area contributed by atoms with Crippen LogP contribution in [0.25, 0.3) is 0 Å². The molecule has 0 aromatic heterocycles. The SMILES string of the molecule is Cc1cccc(CSCC(=O)N[C@@H](C)c2ccc(N3CCC[C@@H](C)C3)cc2)c1. The number of nitrogens with one attached hydrogen (secondary N) is 1. The average molecular weight is 397 g/mol. The van der Waals surface area contributed by atoms with Crippen LogP contribution in [0.5, 0.6) is 0 Å². The number of nitrogens with zero attached hydrogens (tertiary/aromatic N) is 1. The summed E-state index contributed by atoms with van der Waals surface area (Å²) >= 11 is 1.66. The molecule has 4 heteroatoms. The number of thioether (sulfide) groups is 1. The normalized spacial score (nSPS) is 18.0. The number of aryl methyl sites for hydroxylation is 1. The van der Waals surface area contributed by atoms with Gasteiger partial charge in [-0.25, -0.2) is 0 Å². The number of carbonyl (C=O) groups excluding carboxylic acids is 1. The first-order valence-corrected chi connectivity index (χ1v) is 11.4. The molecule has 2 aromatic carbocycles. The molecule has 1 aliphatic heterocycles. The van der Waals surface area contributed by atoms with Crippen LogP contribution in [0.2, 0.25) is 0 Å². The van der Waals surface area contributed by atoms with Gasteiger partial charge in [0.1, 0.15) is 0 Å². The number of hydrogen-bond donors (Lipinski definition) is 1. The lowest BCUT2D eigenvalue weighted by atomic mass is 9.99. The Hall–Kier alpha value is -1.94. The Morgan fingerprint density at radius 2 is 2.04 bits per heavy atom. The van der Waals surface area contributed by atoms with E-state index in [1.807, 2.05) is 0 Å². The summed E-state index contributed by atoms with van der Waals surface area (Å²) in [5.41, 5.74) is 4.99. The average Bonchev–Trinajstić information content (AvgIpc) is 2.68. The largest absolute Gasteiger partial charge is 0.371 e. The van der Waals surface area contributed by atoms with Gasteiger partial charge in [-0.15, -0.1) is 11.8 Å². The lowest BCUT2D eigenvalue weighted by Gasteiger charge is -2.33. The highest BCUT2D eigenvalue weighted by atomic mass is 32.2. The summed E-state index contributed by atoms with van der Waals surface area (Å²) in [6, 6.07) is 17.2. The summed E-state index contributed by atoms with van der Waals surface area (Å²) in [7, 11) is 0. The van der Waals surface area contributed by atoms with Gasteiger partial charge < -0.3 is 10.2 Å². The van der Waals surface area contributed by atoms with Crippen LogP contribution in [0.1, 0.15) is 49.4 Å². The van der Waals surface area contributed by atoms with Gasteiger partial charge in [-0.05, 0) is 55.9 Å². The van der Waals surface area contributed by atoms with E-state index in [2.05, 4.69) is 79.5 Å². The Morgan fingerprint density at radius 1 is 1.25 bits per heavy atom. The van der Waals surface area contributed by atoms with Crippen LogP contribution in [-0.2, 0) is 10.5 Å². The summed E-state index contributed by atoms with van der Waals surface area (Å²) in [6.45, 7) is 8.77. The van der Waals surface area contributed by atoms with E-state index in [1.165, 1.54) is 29.7 Å². The molecule has 1 saturated heterocycles. The van der Waals surface area contributed by atoms with Gasteiger partial charge in [0.05, 0.1) is 11.8 Å². The maximum atomic E-state index is 12.3. The molecule has 150 valence electrons. The molecule has 0 spiro atoms. The smallest absolute Gasteiger partial charge is 0.230 e. The molecule has 0 aliphatic carbocycles. The van der Waals surface area contributed by atoms with Gasteiger partial charge in [-0.1, -0.05) is 48.9 Å². The van der Waals surface area contributed by atoms with E-state index in [0.29, 0.717) is 5.75 Å². The molecule has 0 saturated carbocycles. The third-order valence-electron chi connectivity index (χ3n) is 5.38. The zero-order valence-electron chi connectivity index (χ0n) is 17.3. The minimum atomic E-state index is 0.0291.